The topological polar surface area (TPSA) is 86.7 Å². The lowest BCUT2D eigenvalue weighted by atomic mass is 9.30. The summed E-state index contributed by atoms with van der Waals surface area (Å²) in [6.45, 7) is 0.840. The average Bonchev–Trinajstić information content (AvgIpc) is 3.24. The molecule has 4 unspecified atom stereocenters. The molecule has 1 aromatic carbocycles. The van der Waals surface area contributed by atoms with E-state index in [-0.39, 0.29) is 28.0 Å². The molecule has 1 amide bonds. The third kappa shape index (κ3) is 2.28. The molecule has 2 N–H and O–H groups in total. The number of benzene rings is 1. The van der Waals surface area contributed by atoms with Crippen LogP contribution in [0.3, 0.4) is 0 Å². The molecule has 1 aliphatic heterocycles. The van der Waals surface area contributed by atoms with Crippen LogP contribution < -0.4 is 5.32 Å². The van der Waals surface area contributed by atoms with E-state index < -0.39 is 10.0 Å². The van der Waals surface area contributed by atoms with Crippen molar-refractivity contribution < 1.29 is 18.3 Å². The fourth-order valence-corrected chi connectivity index (χ4v) is 9.97. The zero-order valence-corrected chi connectivity index (χ0v) is 18.0. The van der Waals surface area contributed by atoms with Crippen LogP contribution in [0.2, 0.25) is 0 Å². The summed E-state index contributed by atoms with van der Waals surface area (Å²) in [4.78, 5) is 13.4. The first-order chi connectivity index (χ1) is 14.4. The molecular formula is C23H30N2O4S. The molecule has 6 nitrogen and oxygen atoms in total. The molecule has 0 radical (unpaired) electrons. The van der Waals surface area contributed by atoms with Gasteiger partial charge in [0.1, 0.15) is 5.75 Å². The molecule has 6 atom stereocenters. The van der Waals surface area contributed by atoms with Gasteiger partial charge in [0.05, 0.1) is 10.3 Å². The first-order valence-electron chi connectivity index (χ1n) is 11.5. The van der Waals surface area contributed by atoms with Gasteiger partial charge < -0.3 is 10.4 Å². The van der Waals surface area contributed by atoms with Gasteiger partial charge >= 0.3 is 0 Å². The van der Waals surface area contributed by atoms with Crippen molar-refractivity contribution in [2.24, 2.45) is 28.6 Å². The van der Waals surface area contributed by atoms with Crippen LogP contribution in [-0.4, -0.2) is 42.9 Å². The third-order valence-electron chi connectivity index (χ3n) is 9.33. The van der Waals surface area contributed by atoms with E-state index in [0.717, 1.165) is 49.9 Å². The molecule has 4 aliphatic carbocycles. The summed E-state index contributed by atoms with van der Waals surface area (Å²) in [5.41, 5.74) is 0.138. The number of hydrogen-bond acceptors (Lipinski definition) is 4. The van der Waals surface area contributed by atoms with Crippen LogP contribution in [0.25, 0.3) is 0 Å². The van der Waals surface area contributed by atoms with Crippen molar-refractivity contribution >= 4 is 15.9 Å². The van der Waals surface area contributed by atoms with E-state index in [4.69, 9.17) is 0 Å². The molecule has 30 heavy (non-hydrogen) atoms. The summed E-state index contributed by atoms with van der Waals surface area (Å²) in [5, 5.41) is 12.9. The number of amides is 1. The number of phenolic OH excluding ortho intramolecular Hbond substituents is 1. The maximum atomic E-state index is 13.3. The molecule has 6 rings (SSSR count). The highest BCUT2D eigenvalue weighted by molar-refractivity contribution is 7.89. The number of hydrogen-bond donors (Lipinski definition) is 2. The number of rotatable bonds is 5. The van der Waals surface area contributed by atoms with Crippen LogP contribution in [0.1, 0.15) is 51.4 Å². The normalized spacial score (nSPS) is 41.6. The molecule has 7 heteroatoms. The molecule has 0 aromatic heterocycles. The number of phenols is 1. The number of fused-ring (bicyclic) bond motifs is 1. The summed E-state index contributed by atoms with van der Waals surface area (Å²) in [6, 6.07) is 5.63. The molecule has 5 aliphatic rings. The van der Waals surface area contributed by atoms with Gasteiger partial charge in [-0.15, -0.1) is 0 Å². The quantitative estimate of drug-likeness (QED) is 0.752. The van der Waals surface area contributed by atoms with Gasteiger partial charge in [-0.25, -0.2) is 8.42 Å². The Morgan fingerprint density at radius 3 is 2.63 bits per heavy atom. The first kappa shape index (κ1) is 19.1. The minimum absolute atomic E-state index is 0.0539. The lowest BCUT2D eigenvalue weighted by molar-refractivity contribution is -0.249. The fraction of sp³-hybridized carbons (Fsp3) is 0.696. The number of piperidine rings is 1. The minimum Gasteiger partial charge on any atom is -0.508 e. The first-order valence-corrected chi connectivity index (χ1v) is 12.9. The standard InChI is InChI=1S/C23H30N2O4S/c26-19-5-3-6-20(10-19)30(28,29)25-7-2-1-4-18(25)14-24-21(27)22-12-16-8-15-9-17(13-22)23(16,22)11-15/h3,5-6,10,15-18,26H,1-2,4,7-9,11-14H2,(H,24,27)/t15?,16-,17+,18?,22?,23?. The van der Waals surface area contributed by atoms with E-state index >= 15 is 0 Å². The van der Waals surface area contributed by atoms with Crippen molar-refractivity contribution in [2.45, 2.75) is 62.3 Å². The number of nitrogens with one attached hydrogen (secondary N) is 1. The average molecular weight is 431 g/mol. The van der Waals surface area contributed by atoms with E-state index in [9.17, 15) is 18.3 Å². The van der Waals surface area contributed by atoms with Gasteiger partial charge in [-0.1, -0.05) is 12.5 Å². The zero-order chi connectivity index (χ0) is 20.7. The molecule has 2 bridgehead atoms. The summed E-state index contributed by atoms with van der Waals surface area (Å²) >= 11 is 0. The Bertz CT molecular complexity index is 990. The van der Waals surface area contributed by atoms with Gasteiger partial charge in [-0.3, -0.25) is 4.79 Å². The van der Waals surface area contributed by atoms with Crippen molar-refractivity contribution in [2.75, 3.05) is 13.1 Å². The second kappa shape index (κ2) is 6.22. The number of carbonyl (C=O) groups excluding carboxylic acids is 1. The van der Waals surface area contributed by atoms with Crippen molar-refractivity contribution in [3.63, 3.8) is 0 Å². The molecule has 1 spiro atoms. The SMILES string of the molecule is O=C(NCC1CCCCN1S(=O)(=O)c1cccc(O)c1)C12C[C@H]3CC4C[C@@H](C1)C32C4. The second-order valence-corrected chi connectivity index (χ2v) is 12.3. The van der Waals surface area contributed by atoms with E-state index in [2.05, 4.69) is 5.32 Å². The number of carbonyl (C=O) groups is 1. The summed E-state index contributed by atoms with van der Waals surface area (Å²) in [5.74, 6) is 2.49. The second-order valence-electron chi connectivity index (χ2n) is 10.4. The highest BCUT2D eigenvalue weighted by Gasteiger charge is 2.83. The Kier molecular flexibility index (Phi) is 3.96. The van der Waals surface area contributed by atoms with Gasteiger partial charge in [-0.05, 0) is 86.3 Å². The maximum Gasteiger partial charge on any atom is 0.243 e. The van der Waals surface area contributed by atoms with Gasteiger partial charge in [-0.2, -0.15) is 4.31 Å². The Morgan fingerprint density at radius 2 is 1.93 bits per heavy atom. The van der Waals surface area contributed by atoms with E-state index in [1.54, 1.807) is 6.07 Å². The van der Waals surface area contributed by atoms with Gasteiger partial charge in [0.25, 0.3) is 0 Å². The Balaban J connectivity index is 1.18. The molecule has 4 saturated carbocycles. The van der Waals surface area contributed by atoms with Crippen LogP contribution in [0.4, 0.5) is 0 Å². The van der Waals surface area contributed by atoms with Gasteiger partial charge in [0.15, 0.2) is 0 Å². The summed E-state index contributed by atoms with van der Waals surface area (Å²) in [6.07, 6.45) is 8.52. The molecule has 162 valence electrons. The Hall–Kier alpha value is -1.60. The highest BCUT2D eigenvalue weighted by atomic mass is 32.2. The predicted octanol–water partition coefficient (Wildman–Crippen LogP) is 2.88. The van der Waals surface area contributed by atoms with Crippen LogP contribution in [0.15, 0.2) is 29.2 Å². The largest absolute Gasteiger partial charge is 0.508 e. The van der Waals surface area contributed by atoms with E-state index in [1.807, 2.05) is 0 Å². The van der Waals surface area contributed by atoms with Crippen LogP contribution in [0.5, 0.6) is 5.75 Å². The maximum absolute atomic E-state index is 13.3. The molecule has 1 saturated heterocycles. The van der Waals surface area contributed by atoms with Crippen molar-refractivity contribution in [3.8, 4) is 5.75 Å². The fourth-order valence-electron chi connectivity index (χ4n) is 8.23. The van der Waals surface area contributed by atoms with Crippen molar-refractivity contribution in [3.05, 3.63) is 24.3 Å². The Morgan fingerprint density at radius 1 is 1.17 bits per heavy atom. The molecule has 1 aromatic rings. The smallest absolute Gasteiger partial charge is 0.243 e. The van der Waals surface area contributed by atoms with Gasteiger partial charge in [0, 0.05) is 19.1 Å². The van der Waals surface area contributed by atoms with Gasteiger partial charge in [0.2, 0.25) is 15.9 Å². The Labute approximate surface area is 178 Å². The summed E-state index contributed by atoms with van der Waals surface area (Å²) < 4.78 is 28.0. The number of nitrogens with zero attached hydrogens (tertiary/aromatic N) is 1. The predicted molar refractivity (Wildman–Crippen MR) is 111 cm³/mol. The van der Waals surface area contributed by atoms with Crippen molar-refractivity contribution in [1.29, 1.82) is 0 Å². The monoisotopic (exact) mass is 430 g/mol. The van der Waals surface area contributed by atoms with Crippen molar-refractivity contribution in [1.82, 2.24) is 9.62 Å². The third-order valence-corrected chi connectivity index (χ3v) is 11.3. The van der Waals surface area contributed by atoms with Crippen LogP contribution >= 0.6 is 0 Å². The number of aromatic hydroxyl groups is 1. The molecule has 1 heterocycles. The lowest BCUT2D eigenvalue weighted by Gasteiger charge is -2.73. The van der Waals surface area contributed by atoms with E-state index in [0.29, 0.717) is 18.5 Å². The molecule has 5 fully saturated rings. The van der Waals surface area contributed by atoms with E-state index in [1.165, 1.54) is 41.8 Å². The summed E-state index contributed by atoms with van der Waals surface area (Å²) in [7, 11) is -3.70. The lowest BCUT2D eigenvalue weighted by Crippen LogP contribution is -2.73. The molecular weight excluding hydrogens is 400 g/mol. The van der Waals surface area contributed by atoms with Crippen LogP contribution in [0, 0.1) is 28.6 Å². The van der Waals surface area contributed by atoms with Crippen LogP contribution in [-0.2, 0) is 14.8 Å². The zero-order valence-electron chi connectivity index (χ0n) is 17.2. The number of sulfonamides is 1. The highest BCUT2D eigenvalue weighted by Crippen LogP contribution is 2.86. The minimum atomic E-state index is -3.70.